The van der Waals surface area contributed by atoms with Crippen molar-refractivity contribution in [2.45, 2.75) is 13.5 Å². The van der Waals surface area contributed by atoms with Gasteiger partial charge in [0.05, 0.1) is 19.2 Å². The first-order chi connectivity index (χ1) is 9.76. The zero-order chi connectivity index (χ0) is 14.4. The average Bonchev–Trinajstić information content (AvgIpc) is 2.89. The van der Waals surface area contributed by atoms with Crippen molar-refractivity contribution in [1.29, 1.82) is 5.26 Å². The third kappa shape index (κ3) is 3.15. The Labute approximate surface area is 118 Å². The van der Waals surface area contributed by atoms with Gasteiger partial charge < -0.3 is 9.64 Å². The van der Waals surface area contributed by atoms with Crippen LogP contribution in [0.2, 0.25) is 0 Å². The molecule has 1 atom stereocenters. The summed E-state index contributed by atoms with van der Waals surface area (Å²) in [5.41, 5.74) is 1.13. The van der Waals surface area contributed by atoms with Gasteiger partial charge in [-0.25, -0.2) is 0 Å². The Kier molecular flexibility index (Phi) is 4.72. The van der Waals surface area contributed by atoms with Crippen LogP contribution < -0.4 is 0 Å². The zero-order valence-corrected chi connectivity index (χ0v) is 11.5. The molecule has 5 heteroatoms. The van der Waals surface area contributed by atoms with Crippen LogP contribution >= 0.6 is 0 Å². The molecule has 1 heterocycles. The Hall–Kier alpha value is -2.35. The maximum absolute atomic E-state index is 11.8. The number of esters is 1. The molecule has 20 heavy (non-hydrogen) atoms. The molecule has 104 valence electrons. The highest BCUT2D eigenvalue weighted by Gasteiger charge is 2.32. The number of carbonyl (C=O) groups excluding carboxylic acids is 1. The summed E-state index contributed by atoms with van der Waals surface area (Å²) >= 11 is 0. The quantitative estimate of drug-likeness (QED) is 0.763. The van der Waals surface area contributed by atoms with Gasteiger partial charge in [-0.3, -0.25) is 9.79 Å². The Balaban J connectivity index is 2.10. The van der Waals surface area contributed by atoms with Gasteiger partial charge in [0, 0.05) is 13.1 Å². The molecule has 0 bridgehead atoms. The summed E-state index contributed by atoms with van der Waals surface area (Å²) in [6.45, 7) is 3.98. The van der Waals surface area contributed by atoms with Crippen molar-refractivity contribution in [1.82, 2.24) is 4.90 Å². The van der Waals surface area contributed by atoms with Crippen LogP contribution in [0.4, 0.5) is 0 Å². The molecule has 1 aliphatic heterocycles. The van der Waals surface area contributed by atoms with E-state index in [1.807, 2.05) is 41.3 Å². The molecule has 1 aromatic rings. The number of aliphatic imine (C=N–C) groups is 1. The van der Waals surface area contributed by atoms with E-state index < -0.39 is 11.9 Å². The van der Waals surface area contributed by atoms with Crippen molar-refractivity contribution < 1.29 is 9.53 Å². The van der Waals surface area contributed by atoms with Crippen LogP contribution in [0.25, 0.3) is 0 Å². The fourth-order valence-corrected chi connectivity index (χ4v) is 2.18. The lowest BCUT2D eigenvalue weighted by Gasteiger charge is -2.22. The van der Waals surface area contributed by atoms with Crippen LogP contribution in [0.5, 0.6) is 0 Å². The second-order valence-electron chi connectivity index (χ2n) is 4.46. The van der Waals surface area contributed by atoms with Crippen molar-refractivity contribution in [2.75, 3.05) is 19.7 Å². The minimum absolute atomic E-state index is 0.267. The molecule has 0 amide bonds. The second kappa shape index (κ2) is 6.71. The average molecular weight is 271 g/mol. The van der Waals surface area contributed by atoms with E-state index in [-0.39, 0.29) is 6.61 Å². The van der Waals surface area contributed by atoms with Gasteiger partial charge in [0.15, 0.2) is 0 Å². The lowest BCUT2D eigenvalue weighted by molar-refractivity contribution is -0.144. The molecule has 0 saturated carbocycles. The minimum atomic E-state index is -0.929. The molecule has 1 aliphatic rings. The third-order valence-electron chi connectivity index (χ3n) is 3.09. The normalized spacial score (nSPS) is 15.4. The summed E-state index contributed by atoms with van der Waals surface area (Å²) in [4.78, 5) is 18.1. The third-order valence-corrected chi connectivity index (χ3v) is 3.09. The lowest BCUT2D eigenvalue weighted by Crippen LogP contribution is -2.36. The minimum Gasteiger partial charge on any atom is -0.465 e. The molecule has 0 aliphatic carbocycles. The Morgan fingerprint density at radius 1 is 1.50 bits per heavy atom. The Bertz CT molecular complexity index is 534. The first-order valence-corrected chi connectivity index (χ1v) is 6.65. The highest BCUT2D eigenvalue weighted by Crippen LogP contribution is 2.15. The molecule has 0 fully saturated rings. The lowest BCUT2D eigenvalue weighted by atomic mass is 10.1. The number of benzene rings is 1. The van der Waals surface area contributed by atoms with Gasteiger partial charge in [0.1, 0.15) is 5.84 Å². The van der Waals surface area contributed by atoms with E-state index in [9.17, 15) is 10.1 Å². The number of amidine groups is 1. The van der Waals surface area contributed by atoms with E-state index in [0.717, 1.165) is 12.1 Å². The van der Waals surface area contributed by atoms with Gasteiger partial charge in [0.25, 0.3) is 0 Å². The molecule has 0 spiro atoms. The van der Waals surface area contributed by atoms with Gasteiger partial charge in [-0.1, -0.05) is 30.3 Å². The standard InChI is InChI=1S/C15H17N3O2/c1-2-20-15(19)13(10-16)14-17-8-9-18(14)11-12-6-4-3-5-7-12/h3-7,13H,2,8-9,11H2,1H3. The first-order valence-electron chi connectivity index (χ1n) is 6.65. The fourth-order valence-electron chi connectivity index (χ4n) is 2.18. The van der Waals surface area contributed by atoms with Gasteiger partial charge >= 0.3 is 5.97 Å². The van der Waals surface area contributed by atoms with Crippen LogP contribution in [-0.2, 0) is 16.1 Å². The molecule has 1 unspecified atom stereocenters. The Morgan fingerprint density at radius 2 is 2.25 bits per heavy atom. The van der Waals surface area contributed by atoms with Crippen molar-refractivity contribution in [3.05, 3.63) is 35.9 Å². The van der Waals surface area contributed by atoms with Gasteiger partial charge in [-0.05, 0) is 12.5 Å². The number of ether oxygens (including phenoxy) is 1. The number of hydrogen-bond donors (Lipinski definition) is 0. The summed E-state index contributed by atoms with van der Waals surface area (Å²) in [5, 5.41) is 9.21. The molecule has 0 radical (unpaired) electrons. The van der Waals surface area contributed by atoms with E-state index >= 15 is 0 Å². The van der Waals surface area contributed by atoms with Crippen LogP contribution in [0.1, 0.15) is 12.5 Å². The zero-order valence-electron chi connectivity index (χ0n) is 11.5. The fraction of sp³-hybridized carbons (Fsp3) is 0.400. The van der Waals surface area contributed by atoms with Crippen LogP contribution in [0.3, 0.4) is 0 Å². The van der Waals surface area contributed by atoms with E-state index in [0.29, 0.717) is 18.9 Å². The van der Waals surface area contributed by atoms with Crippen molar-refractivity contribution >= 4 is 11.8 Å². The number of nitrogens with zero attached hydrogens (tertiary/aromatic N) is 3. The second-order valence-corrected chi connectivity index (χ2v) is 4.46. The SMILES string of the molecule is CCOC(=O)C(C#N)C1=NCCN1Cc1ccccc1. The molecule has 5 nitrogen and oxygen atoms in total. The highest BCUT2D eigenvalue weighted by molar-refractivity contribution is 6.04. The number of nitriles is 1. The maximum atomic E-state index is 11.8. The summed E-state index contributed by atoms with van der Waals surface area (Å²) in [6, 6.07) is 11.9. The van der Waals surface area contributed by atoms with Crippen LogP contribution in [0.15, 0.2) is 35.3 Å². The van der Waals surface area contributed by atoms with E-state index in [4.69, 9.17) is 4.74 Å². The van der Waals surface area contributed by atoms with Crippen molar-refractivity contribution in [3.8, 4) is 6.07 Å². The predicted molar refractivity (Wildman–Crippen MR) is 74.9 cm³/mol. The predicted octanol–water partition coefficient (Wildman–Crippen LogP) is 1.60. The van der Waals surface area contributed by atoms with Crippen molar-refractivity contribution in [2.24, 2.45) is 10.9 Å². The molecular formula is C15H17N3O2. The molecular weight excluding hydrogens is 254 g/mol. The number of rotatable bonds is 5. The molecule has 2 rings (SSSR count). The van der Waals surface area contributed by atoms with Crippen LogP contribution in [0, 0.1) is 17.2 Å². The smallest absolute Gasteiger partial charge is 0.331 e. The first kappa shape index (κ1) is 14.1. The van der Waals surface area contributed by atoms with Gasteiger partial charge in [-0.2, -0.15) is 5.26 Å². The summed E-state index contributed by atoms with van der Waals surface area (Å²) < 4.78 is 4.94. The van der Waals surface area contributed by atoms with E-state index in [2.05, 4.69) is 4.99 Å². The van der Waals surface area contributed by atoms with Gasteiger partial charge in [-0.15, -0.1) is 0 Å². The Morgan fingerprint density at radius 3 is 2.90 bits per heavy atom. The maximum Gasteiger partial charge on any atom is 0.331 e. The van der Waals surface area contributed by atoms with Gasteiger partial charge in [0.2, 0.25) is 5.92 Å². The number of hydrogen-bond acceptors (Lipinski definition) is 5. The summed E-state index contributed by atoms with van der Waals surface area (Å²) in [5.74, 6) is -0.926. The van der Waals surface area contributed by atoms with E-state index in [1.54, 1.807) is 6.92 Å². The topological polar surface area (TPSA) is 65.7 Å². The summed E-state index contributed by atoms with van der Waals surface area (Å²) in [6.07, 6.45) is 0. The summed E-state index contributed by atoms with van der Waals surface area (Å²) in [7, 11) is 0. The van der Waals surface area contributed by atoms with Crippen LogP contribution in [-0.4, -0.2) is 36.4 Å². The molecule has 0 N–H and O–H groups in total. The molecule has 0 aromatic heterocycles. The monoisotopic (exact) mass is 271 g/mol. The molecule has 1 aromatic carbocycles. The largest absolute Gasteiger partial charge is 0.465 e. The molecule has 0 saturated heterocycles. The van der Waals surface area contributed by atoms with E-state index in [1.165, 1.54) is 0 Å². The highest BCUT2D eigenvalue weighted by atomic mass is 16.5. The number of carbonyl (C=O) groups is 1. The van der Waals surface area contributed by atoms with Crippen molar-refractivity contribution in [3.63, 3.8) is 0 Å².